The van der Waals surface area contributed by atoms with Gasteiger partial charge >= 0.3 is 0 Å². The third-order valence-corrected chi connectivity index (χ3v) is 3.42. The Hall–Kier alpha value is -1.26. The molecular weight excluding hydrogens is 256 g/mol. The number of Topliss-reactive ketones (excluding diaryl/α,β-unsaturated/α-hetero) is 1. The maximum absolute atomic E-state index is 11.8. The van der Waals surface area contributed by atoms with E-state index in [0.717, 1.165) is 4.90 Å². The van der Waals surface area contributed by atoms with Gasteiger partial charge in [-0.25, -0.2) is 0 Å². The average molecular weight is 267 g/mol. The predicted molar refractivity (Wildman–Crippen MR) is 69.7 cm³/mol. The predicted octanol–water partition coefficient (Wildman–Crippen LogP) is 3.05. The summed E-state index contributed by atoms with van der Waals surface area (Å²) in [6, 6.07) is 6.94. The maximum Gasteiger partial charge on any atom is 0.173 e. The van der Waals surface area contributed by atoms with Crippen molar-refractivity contribution in [2.24, 2.45) is 7.05 Å². The fourth-order valence-electron chi connectivity index (χ4n) is 1.34. The van der Waals surface area contributed by atoms with Gasteiger partial charge in [-0.15, -0.1) is 11.8 Å². The number of benzene rings is 1. The van der Waals surface area contributed by atoms with Gasteiger partial charge in [0.25, 0.3) is 0 Å². The molecule has 1 aromatic heterocycles. The molecule has 0 N–H and O–H groups in total. The number of hydrogen-bond donors (Lipinski definition) is 0. The number of nitrogens with zero attached hydrogens (tertiary/aromatic N) is 2. The number of carbonyl (C=O) groups is 1. The largest absolute Gasteiger partial charge is 0.293 e. The van der Waals surface area contributed by atoms with Gasteiger partial charge in [-0.1, -0.05) is 11.6 Å². The van der Waals surface area contributed by atoms with E-state index in [-0.39, 0.29) is 5.78 Å². The van der Waals surface area contributed by atoms with Gasteiger partial charge in [-0.2, -0.15) is 5.10 Å². The third-order valence-electron chi connectivity index (χ3n) is 2.22. The van der Waals surface area contributed by atoms with Crippen molar-refractivity contribution >= 4 is 29.1 Å². The summed E-state index contributed by atoms with van der Waals surface area (Å²) >= 11 is 7.25. The van der Waals surface area contributed by atoms with Crippen molar-refractivity contribution in [1.29, 1.82) is 0 Å². The van der Waals surface area contributed by atoms with Crippen LogP contribution in [0, 0.1) is 0 Å². The lowest BCUT2D eigenvalue weighted by Gasteiger charge is -1.99. The van der Waals surface area contributed by atoms with Crippen molar-refractivity contribution < 1.29 is 4.79 Å². The summed E-state index contributed by atoms with van der Waals surface area (Å²) in [7, 11) is 1.85. The molecule has 2 rings (SSSR count). The van der Waals surface area contributed by atoms with E-state index in [9.17, 15) is 4.79 Å². The van der Waals surface area contributed by atoms with Gasteiger partial charge < -0.3 is 0 Å². The van der Waals surface area contributed by atoms with Crippen molar-refractivity contribution in [1.82, 2.24) is 9.78 Å². The molecule has 0 spiro atoms. The summed E-state index contributed by atoms with van der Waals surface area (Å²) in [6.07, 6.45) is 3.64. The number of aromatic nitrogens is 2. The van der Waals surface area contributed by atoms with Crippen molar-refractivity contribution in [3.8, 4) is 0 Å². The molecule has 0 atom stereocenters. The molecule has 1 aromatic carbocycles. The van der Waals surface area contributed by atoms with E-state index in [1.807, 2.05) is 13.2 Å². The number of hydrogen-bond acceptors (Lipinski definition) is 3. The highest BCUT2D eigenvalue weighted by Crippen LogP contribution is 2.18. The molecule has 17 heavy (non-hydrogen) atoms. The number of halogens is 1. The van der Waals surface area contributed by atoms with Crippen LogP contribution >= 0.6 is 23.4 Å². The summed E-state index contributed by atoms with van der Waals surface area (Å²) in [4.78, 5) is 12.8. The number of aryl methyl sites for hydroxylation is 1. The summed E-state index contributed by atoms with van der Waals surface area (Å²) < 4.78 is 1.72. The fourth-order valence-corrected chi connectivity index (χ4v) is 2.28. The molecule has 0 amide bonds. The Morgan fingerprint density at radius 2 is 2.12 bits per heavy atom. The first kappa shape index (κ1) is 12.2. The summed E-state index contributed by atoms with van der Waals surface area (Å²) in [6.45, 7) is 0. The number of thioether (sulfide) groups is 1. The highest BCUT2D eigenvalue weighted by atomic mass is 35.5. The third kappa shape index (κ3) is 3.35. The summed E-state index contributed by atoms with van der Waals surface area (Å²) in [5.74, 6) is 0.503. The normalized spacial score (nSPS) is 10.5. The minimum atomic E-state index is 0.0931. The topological polar surface area (TPSA) is 34.9 Å². The minimum Gasteiger partial charge on any atom is -0.293 e. The van der Waals surface area contributed by atoms with Crippen molar-refractivity contribution in [3.05, 3.63) is 47.2 Å². The zero-order valence-electron chi connectivity index (χ0n) is 9.26. The molecule has 0 unspecified atom stereocenters. The molecule has 5 heteroatoms. The standard InChI is InChI=1S/C12H11ClN2OS/c1-15-7-11(6-14-15)17-8-12(16)9-2-4-10(13)5-3-9/h2-7H,8H2,1H3. The van der Waals surface area contributed by atoms with Gasteiger partial charge in [-0.3, -0.25) is 9.48 Å². The first-order valence-corrected chi connectivity index (χ1v) is 6.42. The number of rotatable bonds is 4. The molecule has 0 aliphatic carbocycles. The Balaban J connectivity index is 1.95. The molecule has 1 heterocycles. The van der Waals surface area contributed by atoms with Crippen molar-refractivity contribution in [2.75, 3.05) is 5.75 Å². The van der Waals surface area contributed by atoms with Crippen LogP contribution in [0.25, 0.3) is 0 Å². The molecule has 0 aliphatic rings. The number of ketones is 1. The van der Waals surface area contributed by atoms with Crippen LogP contribution in [0.15, 0.2) is 41.6 Å². The summed E-state index contributed by atoms with van der Waals surface area (Å²) in [5.41, 5.74) is 0.686. The first-order chi connectivity index (χ1) is 8.15. The highest BCUT2D eigenvalue weighted by Gasteiger charge is 2.07. The summed E-state index contributed by atoms with van der Waals surface area (Å²) in [5, 5.41) is 4.69. The van der Waals surface area contributed by atoms with E-state index in [1.54, 1.807) is 35.1 Å². The zero-order valence-corrected chi connectivity index (χ0v) is 10.8. The Morgan fingerprint density at radius 3 is 2.71 bits per heavy atom. The smallest absolute Gasteiger partial charge is 0.173 e. The number of carbonyl (C=O) groups excluding carboxylic acids is 1. The van der Waals surface area contributed by atoms with Crippen LogP contribution in [-0.2, 0) is 7.05 Å². The minimum absolute atomic E-state index is 0.0931. The molecule has 0 saturated carbocycles. The van der Waals surface area contributed by atoms with Gasteiger partial charge in [0.15, 0.2) is 5.78 Å². The maximum atomic E-state index is 11.8. The Labute approximate surface area is 109 Å². The van der Waals surface area contributed by atoms with Gasteiger partial charge in [0.05, 0.1) is 11.9 Å². The Bertz CT molecular complexity index is 522. The Morgan fingerprint density at radius 1 is 1.41 bits per heavy atom. The lowest BCUT2D eigenvalue weighted by Crippen LogP contribution is -2.01. The molecule has 0 saturated heterocycles. The molecule has 0 radical (unpaired) electrons. The average Bonchev–Trinajstić information content (AvgIpc) is 2.73. The quantitative estimate of drug-likeness (QED) is 0.630. The highest BCUT2D eigenvalue weighted by molar-refractivity contribution is 8.00. The molecular formula is C12H11ClN2OS. The fraction of sp³-hybridized carbons (Fsp3) is 0.167. The Kier molecular flexibility index (Phi) is 3.86. The lowest BCUT2D eigenvalue weighted by molar-refractivity contribution is 0.102. The van der Waals surface area contributed by atoms with Crippen LogP contribution in [0.1, 0.15) is 10.4 Å². The SMILES string of the molecule is Cn1cc(SCC(=O)c2ccc(Cl)cc2)cn1. The van der Waals surface area contributed by atoms with Crippen LogP contribution < -0.4 is 0 Å². The van der Waals surface area contributed by atoms with Gasteiger partial charge in [0.2, 0.25) is 0 Å². The lowest BCUT2D eigenvalue weighted by atomic mass is 10.1. The van der Waals surface area contributed by atoms with Crippen LogP contribution in [0.2, 0.25) is 5.02 Å². The second-order valence-corrected chi connectivity index (χ2v) is 5.05. The van der Waals surface area contributed by atoms with Gasteiger partial charge in [0.1, 0.15) is 0 Å². The van der Waals surface area contributed by atoms with Gasteiger partial charge in [-0.05, 0) is 24.3 Å². The van der Waals surface area contributed by atoms with E-state index in [0.29, 0.717) is 16.3 Å². The van der Waals surface area contributed by atoms with E-state index in [1.165, 1.54) is 11.8 Å². The second kappa shape index (κ2) is 5.38. The van der Waals surface area contributed by atoms with E-state index in [4.69, 9.17) is 11.6 Å². The molecule has 2 aromatic rings. The molecule has 0 bridgehead atoms. The molecule has 0 fully saturated rings. The van der Waals surface area contributed by atoms with Crippen LogP contribution in [-0.4, -0.2) is 21.3 Å². The van der Waals surface area contributed by atoms with Gasteiger partial charge in [0, 0.05) is 28.7 Å². The van der Waals surface area contributed by atoms with E-state index in [2.05, 4.69) is 5.10 Å². The monoisotopic (exact) mass is 266 g/mol. The molecule has 0 aliphatic heterocycles. The zero-order chi connectivity index (χ0) is 12.3. The van der Waals surface area contributed by atoms with E-state index >= 15 is 0 Å². The van der Waals surface area contributed by atoms with E-state index < -0.39 is 0 Å². The molecule has 88 valence electrons. The second-order valence-electron chi connectivity index (χ2n) is 3.57. The van der Waals surface area contributed by atoms with Crippen molar-refractivity contribution in [2.45, 2.75) is 4.90 Å². The van der Waals surface area contributed by atoms with Crippen LogP contribution in [0.4, 0.5) is 0 Å². The van der Waals surface area contributed by atoms with Crippen molar-refractivity contribution in [3.63, 3.8) is 0 Å². The first-order valence-electron chi connectivity index (χ1n) is 5.05. The molecule has 3 nitrogen and oxygen atoms in total. The van der Waals surface area contributed by atoms with Crippen LogP contribution in [0.3, 0.4) is 0 Å². The van der Waals surface area contributed by atoms with Crippen LogP contribution in [0.5, 0.6) is 0 Å².